The summed E-state index contributed by atoms with van der Waals surface area (Å²) < 4.78 is 35.3. The van der Waals surface area contributed by atoms with Crippen molar-refractivity contribution >= 4 is 49.1 Å². The molecule has 0 aliphatic rings. The number of fused-ring (bicyclic) bond motifs is 1. The maximum atomic E-state index is 13.2. The lowest BCUT2D eigenvalue weighted by Gasteiger charge is -2.22. The van der Waals surface area contributed by atoms with E-state index in [0.29, 0.717) is 10.5 Å². The van der Waals surface area contributed by atoms with Crippen LogP contribution in [0.3, 0.4) is 0 Å². The van der Waals surface area contributed by atoms with Crippen LogP contribution in [0, 0.1) is 0 Å². The molecular formula is C26H25N3O5S2. The number of hydrogen-bond donors (Lipinski definition) is 0. The number of benzene rings is 3. The van der Waals surface area contributed by atoms with E-state index in [1.165, 1.54) is 39.9 Å². The highest BCUT2D eigenvalue weighted by molar-refractivity contribution is 7.92. The van der Waals surface area contributed by atoms with Gasteiger partial charge in [0.2, 0.25) is 0 Å². The summed E-state index contributed by atoms with van der Waals surface area (Å²) in [5, 5.41) is 0. The first-order valence-corrected chi connectivity index (χ1v) is 13.6. The average molecular weight is 524 g/mol. The second kappa shape index (κ2) is 10.9. The van der Waals surface area contributed by atoms with Crippen LogP contribution in [-0.2, 0) is 26.1 Å². The SMILES string of the molecule is CCOC(=O)Cn1c(=NC(=O)c2ccc(S(=O)(=O)N(CC)c3ccccc3)cc2)sc2ccccc21. The van der Waals surface area contributed by atoms with Crippen LogP contribution in [-0.4, -0.2) is 38.0 Å². The largest absolute Gasteiger partial charge is 0.465 e. The number of carbonyl (C=O) groups is 2. The third-order valence-corrected chi connectivity index (χ3v) is 8.38. The van der Waals surface area contributed by atoms with Gasteiger partial charge in [-0.2, -0.15) is 4.99 Å². The van der Waals surface area contributed by atoms with Gasteiger partial charge in [-0.3, -0.25) is 13.9 Å². The van der Waals surface area contributed by atoms with E-state index in [2.05, 4.69) is 4.99 Å². The minimum Gasteiger partial charge on any atom is -0.465 e. The van der Waals surface area contributed by atoms with Crippen molar-refractivity contribution < 1.29 is 22.7 Å². The molecule has 1 heterocycles. The predicted molar refractivity (Wildman–Crippen MR) is 139 cm³/mol. The molecular weight excluding hydrogens is 498 g/mol. The summed E-state index contributed by atoms with van der Waals surface area (Å²) >= 11 is 1.28. The molecule has 0 fully saturated rings. The van der Waals surface area contributed by atoms with Crippen LogP contribution in [0.2, 0.25) is 0 Å². The molecule has 3 aromatic carbocycles. The van der Waals surface area contributed by atoms with Gasteiger partial charge in [0, 0.05) is 12.1 Å². The van der Waals surface area contributed by atoms with Crippen molar-refractivity contribution in [2.75, 3.05) is 17.5 Å². The summed E-state index contributed by atoms with van der Waals surface area (Å²) in [6.45, 7) is 3.93. The van der Waals surface area contributed by atoms with Gasteiger partial charge >= 0.3 is 5.97 Å². The Morgan fingerprint density at radius 2 is 1.61 bits per heavy atom. The Hall–Kier alpha value is -3.76. The summed E-state index contributed by atoms with van der Waals surface area (Å²) in [5.74, 6) is -0.970. The van der Waals surface area contributed by atoms with Gasteiger partial charge in [0.15, 0.2) is 4.80 Å². The van der Waals surface area contributed by atoms with Crippen LogP contribution in [0.25, 0.3) is 10.2 Å². The second-order valence-corrected chi connectivity index (χ2v) is 10.6. The van der Waals surface area contributed by atoms with Crippen molar-refractivity contribution in [2.24, 2.45) is 4.99 Å². The lowest BCUT2D eigenvalue weighted by molar-refractivity contribution is -0.143. The number of carbonyl (C=O) groups excluding carboxylic acids is 2. The number of para-hydroxylation sites is 2. The first-order valence-electron chi connectivity index (χ1n) is 11.4. The third-order valence-electron chi connectivity index (χ3n) is 5.40. The van der Waals surface area contributed by atoms with Gasteiger partial charge in [0.1, 0.15) is 6.54 Å². The number of esters is 1. The highest BCUT2D eigenvalue weighted by Crippen LogP contribution is 2.24. The van der Waals surface area contributed by atoms with Crippen LogP contribution >= 0.6 is 11.3 Å². The Balaban J connectivity index is 1.66. The molecule has 36 heavy (non-hydrogen) atoms. The Kier molecular flexibility index (Phi) is 7.66. The van der Waals surface area contributed by atoms with E-state index in [1.54, 1.807) is 42.7 Å². The molecule has 0 unspecified atom stereocenters. The van der Waals surface area contributed by atoms with E-state index in [4.69, 9.17) is 4.74 Å². The molecule has 0 N–H and O–H groups in total. The molecule has 0 atom stereocenters. The van der Waals surface area contributed by atoms with Gasteiger partial charge in [-0.25, -0.2) is 8.42 Å². The fourth-order valence-corrected chi connectivity index (χ4v) is 6.23. The molecule has 0 bridgehead atoms. The Morgan fingerprint density at radius 3 is 2.28 bits per heavy atom. The molecule has 0 aliphatic heterocycles. The van der Waals surface area contributed by atoms with Crippen molar-refractivity contribution in [3.05, 3.63) is 89.2 Å². The fourth-order valence-electron chi connectivity index (χ4n) is 3.73. The van der Waals surface area contributed by atoms with Gasteiger partial charge in [-0.1, -0.05) is 41.7 Å². The number of sulfonamides is 1. The molecule has 8 nitrogen and oxygen atoms in total. The van der Waals surface area contributed by atoms with E-state index < -0.39 is 21.9 Å². The molecule has 186 valence electrons. The molecule has 10 heteroatoms. The average Bonchev–Trinajstić information content (AvgIpc) is 3.21. The van der Waals surface area contributed by atoms with Gasteiger partial charge in [0.05, 0.1) is 27.4 Å². The van der Waals surface area contributed by atoms with E-state index >= 15 is 0 Å². The molecule has 0 saturated carbocycles. The van der Waals surface area contributed by atoms with E-state index in [0.717, 1.165) is 10.2 Å². The zero-order chi connectivity index (χ0) is 25.7. The van der Waals surface area contributed by atoms with Crippen LogP contribution in [0.1, 0.15) is 24.2 Å². The number of anilines is 1. The monoisotopic (exact) mass is 523 g/mol. The van der Waals surface area contributed by atoms with Crippen LogP contribution in [0.15, 0.2) is 88.8 Å². The molecule has 0 spiro atoms. The summed E-state index contributed by atoms with van der Waals surface area (Å²) in [6.07, 6.45) is 0. The smallest absolute Gasteiger partial charge is 0.326 e. The second-order valence-electron chi connectivity index (χ2n) is 7.69. The molecule has 1 aromatic heterocycles. The zero-order valence-corrected chi connectivity index (χ0v) is 21.5. The van der Waals surface area contributed by atoms with Crippen LogP contribution < -0.4 is 9.11 Å². The fraction of sp³-hybridized carbons (Fsp3) is 0.192. The lowest BCUT2D eigenvalue weighted by Crippen LogP contribution is -2.30. The Bertz CT molecular complexity index is 1560. The molecule has 1 amide bonds. The molecule has 0 radical (unpaired) electrons. The molecule has 4 aromatic rings. The molecule has 4 rings (SSSR count). The van der Waals surface area contributed by atoms with Gasteiger partial charge in [-0.05, 0) is 62.4 Å². The van der Waals surface area contributed by atoms with Gasteiger partial charge in [0.25, 0.3) is 15.9 Å². The number of thiazole rings is 1. The summed E-state index contributed by atoms with van der Waals surface area (Å²) in [6, 6.07) is 22.0. The molecule has 0 aliphatic carbocycles. The lowest BCUT2D eigenvalue weighted by atomic mass is 10.2. The standard InChI is InChI=1S/C26H25N3O5S2/c1-3-29(20-10-6-5-7-11-20)36(32,33)21-16-14-19(15-17-21)25(31)27-26-28(18-24(30)34-4-2)22-12-8-9-13-23(22)35-26/h5-17H,3-4,18H2,1-2H3. The quantitative estimate of drug-likeness (QED) is 0.322. The highest BCUT2D eigenvalue weighted by Gasteiger charge is 2.23. The maximum absolute atomic E-state index is 13.2. The Morgan fingerprint density at radius 1 is 0.944 bits per heavy atom. The molecule has 0 saturated heterocycles. The third kappa shape index (κ3) is 5.24. The summed E-state index contributed by atoms with van der Waals surface area (Å²) in [4.78, 5) is 29.8. The number of aromatic nitrogens is 1. The van der Waals surface area contributed by atoms with Gasteiger partial charge in [-0.15, -0.1) is 0 Å². The number of nitrogens with zero attached hydrogens (tertiary/aromatic N) is 3. The van der Waals surface area contributed by atoms with Crippen molar-refractivity contribution in [2.45, 2.75) is 25.3 Å². The van der Waals surface area contributed by atoms with Crippen molar-refractivity contribution in [3.8, 4) is 0 Å². The topological polar surface area (TPSA) is 98.0 Å². The highest BCUT2D eigenvalue weighted by atomic mass is 32.2. The first-order chi connectivity index (χ1) is 17.3. The van der Waals surface area contributed by atoms with Gasteiger partial charge < -0.3 is 9.30 Å². The van der Waals surface area contributed by atoms with Crippen molar-refractivity contribution in [3.63, 3.8) is 0 Å². The number of ether oxygens (including phenoxy) is 1. The Labute approximate surface area is 213 Å². The van der Waals surface area contributed by atoms with Crippen LogP contribution in [0.5, 0.6) is 0 Å². The number of rotatable bonds is 8. The van der Waals surface area contributed by atoms with E-state index in [9.17, 15) is 18.0 Å². The summed E-state index contributed by atoms with van der Waals surface area (Å²) in [5.41, 5.74) is 1.56. The predicted octanol–water partition coefficient (Wildman–Crippen LogP) is 4.22. The number of hydrogen-bond acceptors (Lipinski definition) is 6. The number of amides is 1. The van der Waals surface area contributed by atoms with Crippen molar-refractivity contribution in [1.82, 2.24) is 4.57 Å². The van der Waals surface area contributed by atoms with E-state index in [1.807, 2.05) is 30.3 Å². The maximum Gasteiger partial charge on any atom is 0.326 e. The van der Waals surface area contributed by atoms with Crippen molar-refractivity contribution in [1.29, 1.82) is 0 Å². The summed E-state index contributed by atoms with van der Waals surface area (Å²) in [7, 11) is -3.81. The zero-order valence-electron chi connectivity index (χ0n) is 19.8. The minimum absolute atomic E-state index is 0.0731. The first kappa shape index (κ1) is 25.3. The minimum atomic E-state index is -3.81. The van der Waals surface area contributed by atoms with Crippen LogP contribution in [0.4, 0.5) is 5.69 Å². The normalized spacial score (nSPS) is 12.0. The van der Waals surface area contributed by atoms with E-state index in [-0.39, 0.29) is 30.2 Å².